The van der Waals surface area contributed by atoms with Gasteiger partial charge in [0.05, 0.1) is 24.9 Å². The van der Waals surface area contributed by atoms with Crippen molar-refractivity contribution < 1.29 is 4.79 Å². The number of nitrogens with zero attached hydrogens (tertiary/aromatic N) is 4. The molecule has 0 unspecified atom stereocenters. The number of imidazole rings is 1. The van der Waals surface area contributed by atoms with Crippen LogP contribution in [0.15, 0.2) is 17.1 Å². The fourth-order valence-electron chi connectivity index (χ4n) is 3.49. The van der Waals surface area contributed by atoms with Crippen LogP contribution in [0.3, 0.4) is 0 Å². The van der Waals surface area contributed by atoms with Crippen molar-refractivity contribution in [3.8, 4) is 0 Å². The molecule has 0 fully saturated rings. The lowest BCUT2D eigenvalue weighted by molar-refractivity contribution is -0.120. The molecule has 3 aromatic rings. The highest BCUT2D eigenvalue weighted by atomic mass is 16.1. The third-order valence-electron chi connectivity index (χ3n) is 4.81. The van der Waals surface area contributed by atoms with E-state index in [4.69, 9.17) is 0 Å². The van der Waals surface area contributed by atoms with E-state index in [0.29, 0.717) is 12.2 Å². The highest BCUT2D eigenvalue weighted by Crippen LogP contribution is 2.16. The highest BCUT2D eigenvalue weighted by molar-refractivity contribution is 5.79. The summed E-state index contributed by atoms with van der Waals surface area (Å²) in [5.74, 6) is 1.03. The fraction of sp³-hybridized carbons (Fsp3) is 0.412. The molecule has 0 radical (unpaired) electrons. The Bertz CT molecular complexity index is 1030. The number of aromatic nitrogens is 5. The largest absolute Gasteiger partial charge is 0.350 e. The Balaban J connectivity index is 1.50. The molecule has 2 N–H and O–H groups in total. The average Bonchev–Trinajstić information content (AvgIpc) is 3.25. The molecule has 130 valence electrons. The van der Waals surface area contributed by atoms with E-state index < -0.39 is 0 Å². The van der Waals surface area contributed by atoms with E-state index >= 15 is 0 Å². The lowest BCUT2D eigenvalue weighted by Crippen LogP contribution is -2.27. The normalized spacial score (nSPS) is 13.4. The molecule has 0 saturated heterocycles. The van der Waals surface area contributed by atoms with Gasteiger partial charge in [-0.1, -0.05) is 0 Å². The molecule has 3 aromatic heterocycles. The maximum Gasteiger partial charge on any atom is 0.266 e. The molecular weight excluding hydrogens is 320 g/mol. The Morgan fingerprint density at radius 2 is 2.24 bits per heavy atom. The zero-order valence-electron chi connectivity index (χ0n) is 14.3. The molecule has 0 saturated carbocycles. The second kappa shape index (κ2) is 5.87. The van der Waals surface area contributed by atoms with Gasteiger partial charge in [-0.25, -0.2) is 14.5 Å². The molecule has 0 bridgehead atoms. The minimum absolute atomic E-state index is 0.0737. The third kappa shape index (κ3) is 2.73. The number of aromatic amines is 1. The fourth-order valence-corrected chi connectivity index (χ4v) is 3.49. The van der Waals surface area contributed by atoms with Crippen LogP contribution in [0.25, 0.3) is 5.65 Å². The number of hydrogen-bond acceptors (Lipinski definition) is 4. The van der Waals surface area contributed by atoms with Crippen molar-refractivity contribution in [2.45, 2.75) is 46.2 Å². The van der Waals surface area contributed by atoms with Gasteiger partial charge < -0.3 is 9.88 Å². The quantitative estimate of drug-likeness (QED) is 0.728. The van der Waals surface area contributed by atoms with Crippen molar-refractivity contribution in [2.75, 3.05) is 0 Å². The second-order valence-electron chi connectivity index (χ2n) is 6.45. The number of rotatable bonds is 4. The van der Waals surface area contributed by atoms with Crippen molar-refractivity contribution in [3.05, 3.63) is 51.1 Å². The second-order valence-corrected chi connectivity index (χ2v) is 6.45. The van der Waals surface area contributed by atoms with Crippen LogP contribution in [0, 0.1) is 13.8 Å². The molecule has 0 atom stereocenters. The topological polar surface area (TPSA) is 97.1 Å². The van der Waals surface area contributed by atoms with E-state index in [2.05, 4.69) is 25.0 Å². The summed E-state index contributed by atoms with van der Waals surface area (Å²) in [5, 5.41) is 5.67. The minimum Gasteiger partial charge on any atom is -0.350 e. The predicted octanol–water partition coefficient (Wildman–Crippen LogP) is 0.641. The Hall–Kier alpha value is -2.90. The smallest absolute Gasteiger partial charge is 0.266 e. The van der Waals surface area contributed by atoms with Gasteiger partial charge in [0.15, 0.2) is 5.65 Å². The van der Waals surface area contributed by atoms with Gasteiger partial charge >= 0.3 is 0 Å². The van der Waals surface area contributed by atoms with Crippen LogP contribution >= 0.6 is 0 Å². The average molecular weight is 340 g/mol. The number of carbonyl (C=O) groups is 1. The van der Waals surface area contributed by atoms with E-state index in [1.54, 1.807) is 4.52 Å². The number of fused-ring (bicyclic) bond motifs is 2. The third-order valence-corrected chi connectivity index (χ3v) is 4.81. The summed E-state index contributed by atoms with van der Waals surface area (Å²) in [4.78, 5) is 32.7. The SMILES string of the molecule is Cc1nc2cc(=O)[nH]n2c(C)c1CC(=O)NCc1cnc2n1CCC2. The van der Waals surface area contributed by atoms with Crippen molar-refractivity contribution in [1.82, 2.24) is 29.5 Å². The van der Waals surface area contributed by atoms with E-state index in [-0.39, 0.29) is 17.9 Å². The van der Waals surface area contributed by atoms with E-state index in [0.717, 1.165) is 47.9 Å². The number of H-pyrrole nitrogens is 1. The summed E-state index contributed by atoms with van der Waals surface area (Å²) < 4.78 is 3.80. The summed E-state index contributed by atoms with van der Waals surface area (Å²) >= 11 is 0. The van der Waals surface area contributed by atoms with Crippen molar-refractivity contribution in [1.29, 1.82) is 0 Å². The van der Waals surface area contributed by atoms with Crippen molar-refractivity contribution in [3.63, 3.8) is 0 Å². The molecule has 0 aliphatic carbocycles. The Kier molecular flexibility index (Phi) is 3.67. The number of carbonyl (C=O) groups excluding carboxylic acids is 1. The van der Waals surface area contributed by atoms with Crippen molar-refractivity contribution in [2.24, 2.45) is 0 Å². The van der Waals surface area contributed by atoms with Gasteiger partial charge in [0.1, 0.15) is 5.82 Å². The molecule has 0 aromatic carbocycles. The van der Waals surface area contributed by atoms with Gasteiger partial charge in [0.25, 0.3) is 5.56 Å². The molecule has 4 rings (SSSR count). The van der Waals surface area contributed by atoms with Crippen LogP contribution in [0.4, 0.5) is 0 Å². The molecule has 0 spiro atoms. The summed E-state index contributed by atoms with van der Waals surface area (Å²) in [6.07, 6.45) is 4.18. The standard InChI is InChI=1S/C17H20N6O2/c1-10-13(11(2)23-15(20-10)7-17(25)21-23)6-16(24)19-9-12-8-18-14-4-3-5-22(12)14/h7-8H,3-6,9H2,1-2H3,(H,19,24)(H,21,25). The highest BCUT2D eigenvalue weighted by Gasteiger charge is 2.17. The number of aryl methyl sites for hydroxylation is 3. The van der Waals surface area contributed by atoms with Crippen LogP contribution in [0.5, 0.6) is 0 Å². The van der Waals surface area contributed by atoms with Gasteiger partial charge in [0, 0.05) is 36.0 Å². The van der Waals surface area contributed by atoms with Crippen LogP contribution in [0.2, 0.25) is 0 Å². The number of amides is 1. The van der Waals surface area contributed by atoms with Gasteiger partial charge in [-0.2, -0.15) is 0 Å². The molecular formula is C17H20N6O2. The summed E-state index contributed by atoms with van der Waals surface area (Å²) in [7, 11) is 0. The molecule has 1 aliphatic heterocycles. The zero-order valence-corrected chi connectivity index (χ0v) is 14.3. The van der Waals surface area contributed by atoms with E-state index in [1.165, 1.54) is 6.07 Å². The summed E-state index contributed by atoms with van der Waals surface area (Å²) in [6, 6.07) is 1.45. The van der Waals surface area contributed by atoms with E-state index in [1.807, 2.05) is 20.0 Å². The van der Waals surface area contributed by atoms with Gasteiger partial charge in [0.2, 0.25) is 5.91 Å². The molecule has 1 amide bonds. The van der Waals surface area contributed by atoms with Gasteiger partial charge in [-0.3, -0.25) is 14.7 Å². The Labute approximate surface area is 143 Å². The van der Waals surface area contributed by atoms with Crippen LogP contribution in [-0.2, 0) is 30.7 Å². The Morgan fingerprint density at radius 1 is 1.40 bits per heavy atom. The molecule has 8 heteroatoms. The lowest BCUT2D eigenvalue weighted by Gasteiger charge is -2.12. The van der Waals surface area contributed by atoms with Crippen LogP contribution in [-0.4, -0.2) is 30.1 Å². The van der Waals surface area contributed by atoms with Gasteiger partial charge in [-0.15, -0.1) is 0 Å². The Morgan fingerprint density at radius 3 is 3.08 bits per heavy atom. The summed E-state index contributed by atoms with van der Waals surface area (Å²) in [6.45, 7) is 5.18. The molecule has 8 nitrogen and oxygen atoms in total. The molecule has 1 aliphatic rings. The van der Waals surface area contributed by atoms with Crippen LogP contribution < -0.4 is 10.9 Å². The maximum absolute atomic E-state index is 12.4. The maximum atomic E-state index is 12.4. The predicted molar refractivity (Wildman–Crippen MR) is 91.4 cm³/mol. The van der Waals surface area contributed by atoms with Crippen molar-refractivity contribution >= 4 is 11.6 Å². The first-order valence-electron chi connectivity index (χ1n) is 8.41. The van der Waals surface area contributed by atoms with Gasteiger partial charge in [-0.05, 0) is 20.3 Å². The lowest BCUT2D eigenvalue weighted by atomic mass is 10.1. The van der Waals surface area contributed by atoms with Crippen LogP contribution in [0.1, 0.15) is 34.9 Å². The van der Waals surface area contributed by atoms with E-state index in [9.17, 15) is 9.59 Å². The number of hydrogen-bond donors (Lipinski definition) is 2. The monoisotopic (exact) mass is 340 g/mol. The molecule has 25 heavy (non-hydrogen) atoms. The zero-order chi connectivity index (χ0) is 17.6. The number of nitrogens with one attached hydrogen (secondary N) is 2. The summed E-state index contributed by atoms with van der Waals surface area (Å²) in [5.41, 5.74) is 3.82. The molecule has 4 heterocycles. The minimum atomic E-state index is -0.203. The first kappa shape index (κ1) is 15.6. The first-order chi connectivity index (χ1) is 12.0. The first-order valence-corrected chi connectivity index (χ1v) is 8.41.